The first-order valence-corrected chi connectivity index (χ1v) is 9.58. The zero-order valence-corrected chi connectivity index (χ0v) is 16.0. The Morgan fingerprint density at radius 3 is 2.29 bits per heavy atom. The molecule has 2 aliphatic heterocycles. The zero-order chi connectivity index (χ0) is 20.4. The van der Waals surface area contributed by atoms with Gasteiger partial charge in [0.15, 0.2) is 0 Å². The number of hydrogen-bond donors (Lipinski definition) is 3. The molecule has 3 aliphatic rings. The van der Waals surface area contributed by atoms with Gasteiger partial charge in [-0.1, -0.05) is 20.3 Å². The Hall–Kier alpha value is -2.74. The number of benzene rings is 1. The van der Waals surface area contributed by atoms with Crippen molar-refractivity contribution in [3.05, 3.63) is 29.3 Å². The van der Waals surface area contributed by atoms with Gasteiger partial charge >= 0.3 is 0 Å². The van der Waals surface area contributed by atoms with E-state index in [1.807, 2.05) is 0 Å². The average Bonchev–Trinajstić information content (AvgIpc) is 2.83. The van der Waals surface area contributed by atoms with Crippen molar-refractivity contribution >= 4 is 23.6 Å². The van der Waals surface area contributed by atoms with E-state index in [2.05, 4.69) is 24.5 Å². The molecule has 0 aromatic heterocycles. The quantitative estimate of drug-likeness (QED) is 0.674. The number of phenolic OH excluding ortho intramolecular Hbond substituents is 1. The van der Waals surface area contributed by atoms with Gasteiger partial charge < -0.3 is 10.4 Å². The standard InChI is InChI=1S/C13H10N2O5.C7H15N/c16-6-1-2-7-8(5-6)13(20)15(12(7)19)9-3-4-10(17)14-11(9)18;1-6(2)8-7-4-3-5-7/h1-2,5,9,16H,3-4H2,(H,14,17,18);6-8H,3-5H2,1-2H3. The van der Waals surface area contributed by atoms with Crippen LogP contribution in [-0.4, -0.2) is 51.8 Å². The predicted octanol–water partition coefficient (Wildman–Crippen LogP) is 1.33. The second kappa shape index (κ2) is 8.10. The fraction of sp³-hybridized carbons (Fsp3) is 0.500. The molecule has 1 unspecified atom stereocenters. The van der Waals surface area contributed by atoms with Gasteiger partial charge in [-0.25, -0.2) is 0 Å². The van der Waals surface area contributed by atoms with Crippen LogP contribution in [0.3, 0.4) is 0 Å². The van der Waals surface area contributed by atoms with Crippen molar-refractivity contribution in [3.63, 3.8) is 0 Å². The molecular formula is C20H25N3O5. The summed E-state index contributed by atoms with van der Waals surface area (Å²) < 4.78 is 0. The maximum atomic E-state index is 12.2. The topological polar surface area (TPSA) is 116 Å². The van der Waals surface area contributed by atoms with Crippen LogP contribution in [0.2, 0.25) is 0 Å². The van der Waals surface area contributed by atoms with Crippen molar-refractivity contribution < 1.29 is 24.3 Å². The Labute approximate surface area is 163 Å². The molecule has 8 nitrogen and oxygen atoms in total. The lowest BCUT2D eigenvalue weighted by Gasteiger charge is -2.28. The van der Waals surface area contributed by atoms with E-state index >= 15 is 0 Å². The van der Waals surface area contributed by atoms with Gasteiger partial charge in [0.05, 0.1) is 11.1 Å². The number of carbonyl (C=O) groups is 4. The maximum Gasteiger partial charge on any atom is 0.262 e. The molecule has 2 fully saturated rings. The second-order valence-electron chi connectivity index (χ2n) is 7.63. The van der Waals surface area contributed by atoms with Gasteiger partial charge in [0.2, 0.25) is 11.8 Å². The van der Waals surface area contributed by atoms with Crippen molar-refractivity contribution in [2.75, 3.05) is 0 Å². The molecule has 2 heterocycles. The van der Waals surface area contributed by atoms with Crippen molar-refractivity contribution in [2.24, 2.45) is 0 Å². The lowest BCUT2D eigenvalue weighted by molar-refractivity contribution is -0.136. The van der Waals surface area contributed by atoms with Crippen molar-refractivity contribution in [1.29, 1.82) is 0 Å². The van der Waals surface area contributed by atoms with E-state index in [9.17, 15) is 24.3 Å². The molecule has 0 bridgehead atoms. The molecule has 1 aromatic carbocycles. The molecule has 1 aliphatic carbocycles. The number of nitrogens with zero attached hydrogens (tertiary/aromatic N) is 1. The number of aromatic hydroxyl groups is 1. The van der Waals surface area contributed by atoms with Crippen LogP contribution in [0.1, 0.15) is 66.7 Å². The summed E-state index contributed by atoms with van der Waals surface area (Å²) >= 11 is 0. The third-order valence-corrected chi connectivity index (χ3v) is 5.10. The highest BCUT2D eigenvalue weighted by Gasteiger charge is 2.44. The number of phenols is 1. The molecule has 4 rings (SSSR count). The molecule has 150 valence electrons. The molecule has 28 heavy (non-hydrogen) atoms. The summed E-state index contributed by atoms with van der Waals surface area (Å²) in [6, 6.07) is 4.40. The van der Waals surface area contributed by atoms with Gasteiger partial charge in [-0.3, -0.25) is 29.4 Å². The number of imide groups is 2. The summed E-state index contributed by atoms with van der Waals surface area (Å²) in [6.45, 7) is 4.41. The molecular weight excluding hydrogens is 362 g/mol. The van der Waals surface area contributed by atoms with Gasteiger partial charge in [-0.2, -0.15) is 0 Å². The summed E-state index contributed by atoms with van der Waals surface area (Å²) in [5, 5.41) is 15.0. The normalized spacial score (nSPS) is 21.8. The first-order chi connectivity index (χ1) is 13.3. The molecule has 8 heteroatoms. The SMILES string of the molecule is CC(C)NC1CCC1.O=C1CCC(N2C(=O)c3ccc(O)cc3C2=O)C(=O)N1. The molecule has 0 radical (unpaired) electrons. The lowest BCUT2D eigenvalue weighted by Crippen LogP contribution is -2.54. The van der Waals surface area contributed by atoms with Crippen LogP contribution in [0, 0.1) is 0 Å². The van der Waals surface area contributed by atoms with Crippen molar-refractivity contribution in [1.82, 2.24) is 15.5 Å². The molecule has 1 aromatic rings. The van der Waals surface area contributed by atoms with E-state index in [0.717, 1.165) is 10.9 Å². The highest BCUT2D eigenvalue weighted by molar-refractivity contribution is 6.23. The Kier molecular flexibility index (Phi) is 5.79. The number of rotatable bonds is 3. The van der Waals surface area contributed by atoms with Gasteiger partial charge in [0.1, 0.15) is 11.8 Å². The minimum Gasteiger partial charge on any atom is -0.508 e. The number of piperidine rings is 1. The summed E-state index contributed by atoms with van der Waals surface area (Å²) in [7, 11) is 0. The molecule has 1 saturated heterocycles. The minimum absolute atomic E-state index is 0.0692. The van der Waals surface area contributed by atoms with E-state index in [1.165, 1.54) is 37.5 Å². The van der Waals surface area contributed by atoms with Gasteiger partial charge in [0.25, 0.3) is 11.8 Å². The predicted molar refractivity (Wildman–Crippen MR) is 101 cm³/mol. The Balaban J connectivity index is 0.000000236. The van der Waals surface area contributed by atoms with E-state index in [1.54, 1.807) is 0 Å². The Bertz CT molecular complexity index is 816. The van der Waals surface area contributed by atoms with Crippen LogP contribution >= 0.6 is 0 Å². The number of nitrogens with one attached hydrogen (secondary N) is 2. The number of fused-ring (bicyclic) bond motifs is 1. The maximum absolute atomic E-state index is 12.2. The van der Waals surface area contributed by atoms with Crippen molar-refractivity contribution in [2.45, 2.75) is 64.1 Å². The minimum atomic E-state index is -0.984. The van der Waals surface area contributed by atoms with E-state index in [-0.39, 0.29) is 29.7 Å². The molecule has 1 atom stereocenters. The summed E-state index contributed by atoms with van der Waals surface area (Å²) in [4.78, 5) is 48.2. The van der Waals surface area contributed by atoms with E-state index < -0.39 is 29.7 Å². The van der Waals surface area contributed by atoms with Crippen LogP contribution in [0.15, 0.2) is 18.2 Å². The fourth-order valence-electron chi connectivity index (χ4n) is 3.51. The Morgan fingerprint density at radius 1 is 1.07 bits per heavy atom. The summed E-state index contributed by atoms with van der Waals surface area (Å²) in [5.74, 6) is -2.41. The van der Waals surface area contributed by atoms with Crippen LogP contribution < -0.4 is 10.6 Å². The fourth-order valence-corrected chi connectivity index (χ4v) is 3.51. The van der Waals surface area contributed by atoms with Gasteiger partial charge in [0, 0.05) is 18.5 Å². The molecule has 0 spiro atoms. The van der Waals surface area contributed by atoms with Crippen LogP contribution in [0.5, 0.6) is 5.75 Å². The second-order valence-corrected chi connectivity index (χ2v) is 7.63. The Morgan fingerprint density at radius 2 is 1.75 bits per heavy atom. The number of carbonyl (C=O) groups excluding carboxylic acids is 4. The third kappa shape index (κ3) is 4.06. The van der Waals surface area contributed by atoms with E-state index in [4.69, 9.17) is 0 Å². The molecule has 1 saturated carbocycles. The van der Waals surface area contributed by atoms with E-state index in [0.29, 0.717) is 6.04 Å². The van der Waals surface area contributed by atoms with Crippen molar-refractivity contribution in [3.8, 4) is 5.75 Å². The zero-order valence-electron chi connectivity index (χ0n) is 16.0. The van der Waals surface area contributed by atoms with Crippen LogP contribution in [0.25, 0.3) is 0 Å². The van der Waals surface area contributed by atoms with Crippen LogP contribution in [0.4, 0.5) is 0 Å². The first kappa shape index (κ1) is 20.0. The number of amides is 4. The number of hydrogen-bond acceptors (Lipinski definition) is 6. The largest absolute Gasteiger partial charge is 0.508 e. The van der Waals surface area contributed by atoms with Gasteiger partial charge in [-0.15, -0.1) is 0 Å². The monoisotopic (exact) mass is 387 g/mol. The lowest BCUT2D eigenvalue weighted by atomic mass is 9.93. The highest BCUT2D eigenvalue weighted by Crippen LogP contribution is 2.29. The summed E-state index contributed by atoms with van der Waals surface area (Å²) in [5.41, 5.74) is 0.220. The highest BCUT2D eigenvalue weighted by atomic mass is 16.3. The first-order valence-electron chi connectivity index (χ1n) is 9.58. The smallest absolute Gasteiger partial charge is 0.262 e. The molecule has 4 amide bonds. The van der Waals surface area contributed by atoms with Crippen LogP contribution in [-0.2, 0) is 9.59 Å². The summed E-state index contributed by atoms with van der Waals surface area (Å²) in [6.07, 6.45) is 4.43. The molecule has 3 N–H and O–H groups in total. The third-order valence-electron chi connectivity index (χ3n) is 5.10. The average molecular weight is 387 g/mol. The van der Waals surface area contributed by atoms with Gasteiger partial charge in [-0.05, 0) is 37.5 Å².